The summed E-state index contributed by atoms with van der Waals surface area (Å²) in [5.74, 6) is -0.511. The predicted molar refractivity (Wildman–Crippen MR) is 128 cm³/mol. The number of benzene rings is 1. The molecule has 7 nitrogen and oxygen atoms in total. The van der Waals surface area contributed by atoms with Crippen molar-refractivity contribution in [1.29, 1.82) is 0 Å². The number of rotatable bonds is 11. The molecule has 9 heteroatoms. The van der Waals surface area contributed by atoms with Gasteiger partial charge in [0.25, 0.3) is 0 Å². The Morgan fingerprint density at radius 3 is 2.36 bits per heavy atom. The van der Waals surface area contributed by atoms with Gasteiger partial charge in [0, 0.05) is 16.3 Å². The molecule has 0 aliphatic heterocycles. The van der Waals surface area contributed by atoms with E-state index in [1.807, 2.05) is 53.2 Å². The number of hydrogen-bond acceptors (Lipinski definition) is 7. The first-order valence-electron chi connectivity index (χ1n) is 10.4. The van der Waals surface area contributed by atoms with E-state index >= 15 is 0 Å². The second-order valence-corrected chi connectivity index (χ2v) is 9.08. The molecule has 1 atom stereocenters. The summed E-state index contributed by atoms with van der Waals surface area (Å²) < 4.78 is 10.3. The molecule has 0 unspecified atom stereocenters. The fourth-order valence-electron chi connectivity index (χ4n) is 3.23. The summed E-state index contributed by atoms with van der Waals surface area (Å²) in [6.07, 6.45) is 0.102. The van der Waals surface area contributed by atoms with E-state index in [1.54, 1.807) is 20.1 Å². The summed E-state index contributed by atoms with van der Waals surface area (Å²) in [4.78, 5) is 41.8. The SMILES string of the molecule is CCOC(=O)CN(C(=O)Cc1cccs1)[C@H](C(=O)NCc1ccc(OC)cc1)c1cccs1. The maximum atomic E-state index is 13.4. The topological polar surface area (TPSA) is 84.9 Å². The van der Waals surface area contributed by atoms with Gasteiger partial charge in [0.05, 0.1) is 20.1 Å². The van der Waals surface area contributed by atoms with E-state index in [0.717, 1.165) is 16.2 Å². The van der Waals surface area contributed by atoms with Crippen molar-refractivity contribution in [3.63, 3.8) is 0 Å². The van der Waals surface area contributed by atoms with E-state index in [9.17, 15) is 14.4 Å². The molecule has 0 aliphatic rings. The van der Waals surface area contributed by atoms with Crippen LogP contribution in [0, 0.1) is 0 Å². The normalized spacial score (nSPS) is 11.5. The smallest absolute Gasteiger partial charge is 0.325 e. The first-order chi connectivity index (χ1) is 16.0. The fraction of sp³-hybridized carbons (Fsp3) is 0.292. The van der Waals surface area contributed by atoms with Crippen LogP contribution in [0.1, 0.15) is 28.3 Å². The van der Waals surface area contributed by atoms with Crippen molar-refractivity contribution in [2.45, 2.75) is 25.9 Å². The Kier molecular flexibility index (Phi) is 9.03. The molecule has 0 radical (unpaired) electrons. The van der Waals surface area contributed by atoms with Crippen LogP contribution in [0.15, 0.2) is 59.3 Å². The van der Waals surface area contributed by atoms with Crippen molar-refractivity contribution >= 4 is 40.5 Å². The number of carbonyl (C=O) groups is 3. The number of carbonyl (C=O) groups excluding carboxylic acids is 3. The highest BCUT2D eigenvalue weighted by atomic mass is 32.1. The molecule has 33 heavy (non-hydrogen) atoms. The average molecular weight is 487 g/mol. The minimum Gasteiger partial charge on any atom is -0.497 e. The lowest BCUT2D eigenvalue weighted by molar-refractivity contribution is -0.152. The van der Waals surface area contributed by atoms with Gasteiger partial charge in [0.1, 0.15) is 18.3 Å². The van der Waals surface area contributed by atoms with E-state index < -0.39 is 12.0 Å². The Bertz CT molecular complexity index is 1030. The summed E-state index contributed by atoms with van der Waals surface area (Å²) in [6, 6.07) is 13.7. The molecule has 2 heterocycles. The molecule has 0 fully saturated rings. The van der Waals surface area contributed by atoms with Gasteiger partial charge in [-0.05, 0) is 47.5 Å². The van der Waals surface area contributed by atoms with Crippen LogP contribution in [0.4, 0.5) is 0 Å². The van der Waals surface area contributed by atoms with Crippen molar-refractivity contribution in [2.24, 2.45) is 0 Å². The van der Waals surface area contributed by atoms with Crippen LogP contribution in [0.3, 0.4) is 0 Å². The third kappa shape index (κ3) is 6.90. The maximum absolute atomic E-state index is 13.4. The molecule has 0 saturated carbocycles. The molecule has 174 valence electrons. The van der Waals surface area contributed by atoms with Crippen LogP contribution in [-0.4, -0.2) is 42.9 Å². The Labute approximate surface area is 200 Å². The highest BCUT2D eigenvalue weighted by Crippen LogP contribution is 2.27. The number of methoxy groups -OCH3 is 1. The second-order valence-electron chi connectivity index (χ2n) is 7.07. The van der Waals surface area contributed by atoms with Crippen LogP contribution >= 0.6 is 22.7 Å². The molecule has 2 amide bonds. The van der Waals surface area contributed by atoms with Crippen molar-refractivity contribution in [3.05, 3.63) is 74.6 Å². The van der Waals surface area contributed by atoms with E-state index in [2.05, 4.69) is 5.32 Å². The van der Waals surface area contributed by atoms with Gasteiger partial charge in [0.2, 0.25) is 11.8 Å². The Morgan fingerprint density at radius 1 is 1.03 bits per heavy atom. The highest BCUT2D eigenvalue weighted by molar-refractivity contribution is 7.10. The van der Waals surface area contributed by atoms with Crippen LogP contribution in [-0.2, 0) is 32.1 Å². The molecule has 3 aromatic rings. The quantitative estimate of drug-likeness (QED) is 0.417. The summed E-state index contributed by atoms with van der Waals surface area (Å²) in [6.45, 7) is 1.86. The van der Waals surface area contributed by atoms with Crippen LogP contribution < -0.4 is 10.1 Å². The highest BCUT2D eigenvalue weighted by Gasteiger charge is 2.34. The number of hydrogen-bond donors (Lipinski definition) is 1. The van der Waals surface area contributed by atoms with Crippen molar-refractivity contribution in [1.82, 2.24) is 10.2 Å². The zero-order chi connectivity index (χ0) is 23.6. The third-order valence-electron chi connectivity index (χ3n) is 4.83. The van der Waals surface area contributed by atoms with E-state index in [0.29, 0.717) is 4.88 Å². The molecular weight excluding hydrogens is 460 g/mol. The first-order valence-corrected chi connectivity index (χ1v) is 12.2. The fourth-order valence-corrected chi connectivity index (χ4v) is 4.76. The summed E-state index contributed by atoms with van der Waals surface area (Å²) in [7, 11) is 1.59. The number of ether oxygens (including phenoxy) is 2. The number of esters is 1. The lowest BCUT2D eigenvalue weighted by Gasteiger charge is -2.29. The van der Waals surface area contributed by atoms with Gasteiger partial charge in [0.15, 0.2) is 0 Å². The van der Waals surface area contributed by atoms with Crippen LogP contribution in [0.25, 0.3) is 0 Å². The largest absolute Gasteiger partial charge is 0.497 e. The van der Waals surface area contributed by atoms with Gasteiger partial charge in [-0.3, -0.25) is 14.4 Å². The van der Waals surface area contributed by atoms with Crippen LogP contribution in [0.2, 0.25) is 0 Å². The number of amides is 2. The van der Waals surface area contributed by atoms with Crippen molar-refractivity contribution in [2.75, 3.05) is 20.3 Å². The van der Waals surface area contributed by atoms with Crippen LogP contribution in [0.5, 0.6) is 5.75 Å². The number of nitrogens with one attached hydrogen (secondary N) is 1. The summed E-state index contributed by atoms with van der Waals surface area (Å²) in [5.41, 5.74) is 0.885. The third-order valence-corrected chi connectivity index (χ3v) is 6.63. The minimum atomic E-state index is -0.944. The summed E-state index contributed by atoms with van der Waals surface area (Å²) >= 11 is 2.81. The van der Waals surface area contributed by atoms with E-state index in [1.165, 1.54) is 27.6 Å². The molecule has 0 aliphatic carbocycles. The number of thiophene rings is 2. The minimum absolute atomic E-state index is 0.102. The monoisotopic (exact) mass is 486 g/mol. The van der Waals surface area contributed by atoms with Crippen molar-refractivity contribution < 1.29 is 23.9 Å². The standard InChI is InChI=1S/C24H26N2O5S2/c1-3-31-22(28)16-26(21(27)14-19-6-4-12-32-19)23(20-7-5-13-33-20)24(29)25-15-17-8-10-18(30-2)11-9-17/h4-13,23H,3,14-16H2,1-2H3,(H,25,29)/t23-/m0/s1. The van der Waals surface area contributed by atoms with Gasteiger partial charge in [-0.2, -0.15) is 0 Å². The maximum Gasteiger partial charge on any atom is 0.325 e. The zero-order valence-corrected chi connectivity index (χ0v) is 20.1. The Morgan fingerprint density at radius 2 is 1.76 bits per heavy atom. The van der Waals surface area contributed by atoms with E-state index in [4.69, 9.17) is 9.47 Å². The van der Waals surface area contributed by atoms with Crippen molar-refractivity contribution in [3.8, 4) is 5.75 Å². The molecule has 2 aromatic heterocycles. The van der Waals surface area contributed by atoms with Gasteiger partial charge >= 0.3 is 5.97 Å². The molecule has 0 saturated heterocycles. The number of nitrogens with zero attached hydrogens (tertiary/aromatic N) is 1. The lowest BCUT2D eigenvalue weighted by atomic mass is 10.1. The predicted octanol–water partition coefficient (Wildman–Crippen LogP) is 3.81. The van der Waals surface area contributed by atoms with E-state index in [-0.39, 0.29) is 37.9 Å². The van der Waals surface area contributed by atoms with Gasteiger partial charge < -0.3 is 19.7 Å². The van der Waals surface area contributed by atoms with Gasteiger partial charge in [-0.1, -0.05) is 24.3 Å². The molecule has 0 bridgehead atoms. The Balaban J connectivity index is 1.83. The molecular formula is C24H26N2O5S2. The second kappa shape index (κ2) is 12.2. The van der Waals surface area contributed by atoms with Gasteiger partial charge in [-0.15, -0.1) is 22.7 Å². The molecule has 0 spiro atoms. The first kappa shape index (κ1) is 24.5. The molecule has 1 aromatic carbocycles. The Hall–Kier alpha value is -3.17. The zero-order valence-electron chi connectivity index (χ0n) is 18.5. The molecule has 3 rings (SSSR count). The van der Waals surface area contributed by atoms with Gasteiger partial charge in [-0.25, -0.2) is 0 Å². The average Bonchev–Trinajstić information content (AvgIpc) is 3.52. The summed E-state index contributed by atoms with van der Waals surface area (Å²) in [5, 5.41) is 6.63. The lowest BCUT2D eigenvalue weighted by Crippen LogP contribution is -2.46. The molecule has 1 N–H and O–H groups in total.